The molecule has 0 aliphatic rings. The number of carbonyl (C=O) groups excluding carboxylic acids is 1. The Balaban J connectivity index is 3.04. The lowest BCUT2D eigenvalue weighted by molar-refractivity contribution is -0.117. The second kappa shape index (κ2) is 14.2. The average molecular weight is 440 g/mol. The molecule has 1 amide bonds. The summed E-state index contributed by atoms with van der Waals surface area (Å²) in [6.07, 6.45) is 10.8. The lowest BCUT2D eigenvalue weighted by atomic mass is 10.1. The summed E-state index contributed by atoms with van der Waals surface area (Å²) >= 11 is 1.52. The molecule has 0 atom stereocenters. The molecule has 0 unspecified atom stereocenters. The van der Waals surface area contributed by atoms with E-state index >= 15 is 0 Å². The number of allylic oxidation sites excluding steroid dienone is 4. The zero-order chi connectivity index (χ0) is 23.2. The van der Waals surface area contributed by atoms with Gasteiger partial charge in [0.1, 0.15) is 0 Å². The van der Waals surface area contributed by atoms with Crippen molar-refractivity contribution >= 4 is 29.6 Å². The number of likely N-dealkylation sites (N-methyl/N-ethyl adjacent to an activating group) is 1. The SMILES string of the molecule is C=CS/C(=C\C)C(=C)/C=C\n1ncc(C(/C=C(\C=C)C(=O)NCCNCC)=NC)c1C. The molecule has 0 saturated heterocycles. The Kier molecular flexibility index (Phi) is 11.9. The molecule has 6 nitrogen and oxygen atoms in total. The second-order valence-electron chi connectivity index (χ2n) is 6.39. The van der Waals surface area contributed by atoms with Crippen molar-refractivity contribution < 1.29 is 4.79 Å². The van der Waals surface area contributed by atoms with Crippen molar-refractivity contribution in [2.45, 2.75) is 20.8 Å². The highest BCUT2D eigenvalue weighted by Gasteiger charge is 2.13. The van der Waals surface area contributed by atoms with Gasteiger partial charge in [-0.2, -0.15) is 5.10 Å². The smallest absolute Gasteiger partial charge is 0.251 e. The molecular formula is C24H33N5OS. The van der Waals surface area contributed by atoms with E-state index in [-0.39, 0.29) is 5.91 Å². The maximum atomic E-state index is 12.4. The fraction of sp³-hybridized carbons (Fsp3) is 0.292. The fourth-order valence-electron chi connectivity index (χ4n) is 2.66. The predicted molar refractivity (Wildman–Crippen MR) is 135 cm³/mol. The van der Waals surface area contributed by atoms with E-state index in [9.17, 15) is 4.79 Å². The Morgan fingerprint density at radius 2 is 2.10 bits per heavy atom. The third-order valence-electron chi connectivity index (χ3n) is 4.38. The van der Waals surface area contributed by atoms with Crippen molar-refractivity contribution in [3.8, 4) is 0 Å². The molecule has 166 valence electrons. The van der Waals surface area contributed by atoms with E-state index in [0.717, 1.165) is 28.3 Å². The van der Waals surface area contributed by atoms with Crippen LogP contribution in [0.3, 0.4) is 0 Å². The molecule has 0 spiro atoms. The molecule has 31 heavy (non-hydrogen) atoms. The second-order valence-corrected chi connectivity index (χ2v) is 7.40. The van der Waals surface area contributed by atoms with Gasteiger partial charge in [0.2, 0.25) is 0 Å². The van der Waals surface area contributed by atoms with Gasteiger partial charge in [0.05, 0.1) is 11.9 Å². The monoisotopic (exact) mass is 439 g/mol. The molecule has 0 aliphatic heterocycles. The quantitative estimate of drug-likeness (QED) is 0.209. The summed E-state index contributed by atoms with van der Waals surface area (Å²) in [6.45, 7) is 19.7. The van der Waals surface area contributed by atoms with Crippen LogP contribution in [0.15, 0.2) is 76.7 Å². The van der Waals surface area contributed by atoms with Gasteiger partial charge in [0.25, 0.3) is 5.91 Å². The van der Waals surface area contributed by atoms with Gasteiger partial charge in [-0.3, -0.25) is 9.79 Å². The summed E-state index contributed by atoms with van der Waals surface area (Å²) in [5.41, 5.74) is 3.72. The number of nitrogens with one attached hydrogen (secondary N) is 2. The molecule has 0 aromatic carbocycles. The van der Waals surface area contributed by atoms with E-state index in [1.165, 1.54) is 17.8 Å². The summed E-state index contributed by atoms with van der Waals surface area (Å²) in [4.78, 5) is 17.8. The number of carbonyl (C=O) groups is 1. The highest BCUT2D eigenvalue weighted by molar-refractivity contribution is 8.06. The number of aliphatic imine (C=N–C) groups is 1. The molecule has 0 fully saturated rings. The van der Waals surface area contributed by atoms with Crippen LogP contribution in [-0.2, 0) is 4.79 Å². The van der Waals surface area contributed by atoms with Crippen LogP contribution in [0.5, 0.6) is 0 Å². The maximum Gasteiger partial charge on any atom is 0.251 e. The molecule has 2 N–H and O–H groups in total. The minimum absolute atomic E-state index is 0.186. The van der Waals surface area contributed by atoms with Crippen LogP contribution in [0.2, 0.25) is 0 Å². The summed E-state index contributed by atoms with van der Waals surface area (Å²) in [6, 6.07) is 0. The zero-order valence-electron chi connectivity index (χ0n) is 18.9. The van der Waals surface area contributed by atoms with E-state index in [1.807, 2.05) is 39.1 Å². The molecule has 0 saturated carbocycles. The van der Waals surface area contributed by atoms with Crippen molar-refractivity contribution in [1.82, 2.24) is 20.4 Å². The minimum atomic E-state index is -0.186. The van der Waals surface area contributed by atoms with Crippen LogP contribution in [0.25, 0.3) is 6.20 Å². The van der Waals surface area contributed by atoms with Crippen molar-refractivity contribution in [2.24, 2.45) is 4.99 Å². The van der Waals surface area contributed by atoms with Crippen LogP contribution in [-0.4, -0.2) is 48.1 Å². The van der Waals surface area contributed by atoms with Crippen molar-refractivity contribution in [3.63, 3.8) is 0 Å². The number of rotatable bonds is 13. The van der Waals surface area contributed by atoms with E-state index in [0.29, 0.717) is 24.4 Å². The Bertz CT molecular complexity index is 918. The molecule has 1 aromatic heterocycles. The normalized spacial score (nSPS) is 12.8. The van der Waals surface area contributed by atoms with E-state index in [4.69, 9.17) is 0 Å². The number of nitrogens with zero attached hydrogens (tertiary/aromatic N) is 3. The largest absolute Gasteiger partial charge is 0.351 e. The summed E-state index contributed by atoms with van der Waals surface area (Å²) in [5.74, 6) is -0.186. The Hall–Kier alpha value is -2.90. The molecule has 1 heterocycles. The number of thioether (sulfide) groups is 1. The van der Waals surface area contributed by atoms with Crippen LogP contribution in [0.4, 0.5) is 0 Å². The zero-order valence-corrected chi connectivity index (χ0v) is 19.8. The van der Waals surface area contributed by atoms with Gasteiger partial charge < -0.3 is 10.6 Å². The molecule has 0 bridgehead atoms. The van der Waals surface area contributed by atoms with Crippen molar-refractivity contribution in [2.75, 3.05) is 26.7 Å². The third-order valence-corrected chi connectivity index (χ3v) is 5.30. The van der Waals surface area contributed by atoms with Crippen LogP contribution >= 0.6 is 11.8 Å². The van der Waals surface area contributed by atoms with Gasteiger partial charge in [0, 0.05) is 48.1 Å². The van der Waals surface area contributed by atoms with Crippen LogP contribution < -0.4 is 10.6 Å². The summed E-state index contributed by atoms with van der Waals surface area (Å²) in [5, 5.41) is 12.3. The van der Waals surface area contributed by atoms with Crippen molar-refractivity contribution in [3.05, 3.63) is 83.0 Å². The van der Waals surface area contributed by atoms with E-state index < -0.39 is 0 Å². The summed E-state index contributed by atoms with van der Waals surface area (Å²) < 4.78 is 1.76. The van der Waals surface area contributed by atoms with E-state index in [1.54, 1.807) is 29.4 Å². The first-order valence-electron chi connectivity index (χ1n) is 10.1. The first-order valence-corrected chi connectivity index (χ1v) is 11.0. The van der Waals surface area contributed by atoms with Gasteiger partial charge in [-0.05, 0) is 43.5 Å². The fourth-order valence-corrected chi connectivity index (χ4v) is 3.19. The maximum absolute atomic E-state index is 12.4. The topological polar surface area (TPSA) is 71.3 Å². The number of amides is 1. The molecule has 1 aromatic rings. The van der Waals surface area contributed by atoms with Gasteiger partial charge in [0.15, 0.2) is 0 Å². The standard InChI is InChI=1S/C24H33N5OS/c1-8-20(24(30)27-14-13-26-10-3)16-22(25-7)21-17-28-29(19(21)6)15-12-18(5)23(9-2)31-11-4/h8-9,11-12,15-17,26H,1,4-5,10,13-14H2,2-3,6-7H3,(H,27,30)/b15-12-,20-16+,23-9-,25-22?. The first kappa shape index (κ1) is 26.1. The van der Waals surface area contributed by atoms with Gasteiger partial charge in [-0.15, -0.1) is 0 Å². The summed E-state index contributed by atoms with van der Waals surface area (Å²) in [7, 11) is 1.69. The van der Waals surface area contributed by atoms with Gasteiger partial charge in [-0.25, -0.2) is 4.68 Å². The first-order chi connectivity index (χ1) is 14.9. The van der Waals surface area contributed by atoms with Crippen LogP contribution in [0.1, 0.15) is 25.1 Å². The van der Waals surface area contributed by atoms with Crippen LogP contribution in [0, 0.1) is 6.92 Å². The molecule has 1 rings (SSSR count). The molecular weight excluding hydrogens is 406 g/mol. The van der Waals surface area contributed by atoms with Gasteiger partial charge in [-0.1, -0.05) is 50.6 Å². The van der Waals surface area contributed by atoms with Crippen molar-refractivity contribution in [1.29, 1.82) is 0 Å². The number of aromatic nitrogens is 2. The Labute approximate surface area is 190 Å². The van der Waals surface area contributed by atoms with E-state index in [2.05, 4.69) is 40.5 Å². The average Bonchev–Trinajstić information content (AvgIpc) is 3.14. The molecule has 0 aliphatic carbocycles. The third kappa shape index (κ3) is 8.03. The van der Waals surface area contributed by atoms with Gasteiger partial charge >= 0.3 is 0 Å². The number of hydrogen-bond acceptors (Lipinski definition) is 5. The highest BCUT2D eigenvalue weighted by Crippen LogP contribution is 2.24. The lowest BCUT2D eigenvalue weighted by Crippen LogP contribution is -2.32. The highest BCUT2D eigenvalue weighted by atomic mass is 32.2. The number of hydrogen-bond donors (Lipinski definition) is 2. The minimum Gasteiger partial charge on any atom is -0.351 e. The Morgan fingerprint density at radius 3 is 2.68 bits per heavy atom. The molecule has 7 heteroatoms. The lowest BCUT2D eigenvalue weighted by Gasteiger charge is -2.07. The predicted octanol–water partition coefficient (Wildman–Crippen LogP) is 4.26. The Morgan fingerprint density at radius 1 is 1.35 bits per heavy atom. The molecule has 0 radical (unpaired) electrons.